The molecule has 0 radical (unpaired) electrons. The zero-order chi connectivity index (χ0) is 18.1. The van der Waals surface area contributed by atoms with Gasteiger partial charge in [0.2, 0.25) is 5.91 Å². The van der Waals surface area contributed by atoms with Crippen LogP contribution in [0.5, 0.6) is 0 Å². The maximum absolute atomic E-state index is 13.1. The first kappa shape index (κ1) is 16.5. The number of amides is 2. The van der Waals surface area contributed by atoms with E-state index >= 15 is 0 Å². The summed E-state index contributed by atoms with van der Waals surface area (Å²) in [6, 6.07) is 5.57. The van der Waals surface area contributed by atoms with Crippen molar-refractivity contribution in [3.63, 3.8) is 0 Å². The summed E-state index contributed by atoms with van der Waals surface area (Å²) in [5.41, 5.74) is 2.99. The molecule has 4 bridgehead atoms. The van der Waals surface area contributed by atoms with Crippen LogP contribution in [0.25, 0.3) is 0 Å². The van der Waals surface area contributed by atoms with E-state index in [1.54, 1.807) is 0 Å². The van der Waals surface area contributed by atoms with E-state index in [2.05, 4.69) is 5.32 Å². The largest absolute Gasteiger partial charge is 0.300 e. The molecule has 26 heavy (non-hydrogen) atoms. The fraction of sp³-hybridized carbons (Fsp3) is 0.636. The molecule has 2 amide bonds. The van der Waals surface area contributed by atoms with Crippen LogP contribution in [0, 0.1) is 31.6 Å². The van der Waals surface area contributed by atoms with Crippen molar-refractivity contribution in [3.05, 3.63) is 29.3 Å². The predicted octanol–water partition coefficient (Wildman–Crippen LogP) is 3.49. The van der Waals surface area contributed by atoms with Crippen LogP contribution in [0.2, 0.25) is 0 Å². The topological polar surface area (TPSA) is 49.4 Å². The highest BCUT2D eigenvalue weighted by molar-refractivity contribution is 6.22. The second-order valence-electron chi connectivity index (χ2n) is 9.46. The highest BCUT2D eigenvalue weighted by Crippen LogP contribution is 2.56. The lowest BCUT2D eigenvalue weighted by molar-refractivity contribution is -0.122. The molecule has 1 aromatic rings. The number of benzene rings is 1. The standard InChI is InChI=1S/C22H28N2O2/c1-13-3-4-19(14(2)5-13)24-20(25)9-18(21(24)26)23-22-10-15-6-16(11-22)8-17(7-15)12-22/h3-5,15-18,23H,6-12H2,1-2H3. The first-order valence-electron chi connectivity index (χ1n) is 10.1. The summed E-state index contributed by atoms with van der Waals surface area (Å²) in [5.74, 6) is 2.37. The summed E-state index contributed by atoms with van der Waals surface area (Å²) in [7, 11) is 0. The number of hydrogen-bond acceptors (Lipinski definition) is 3. The molecule has 4 aliphatic carbocycles. The van der Waals surface area contributed by atoms with Gasteiger partial charge in [-0.1, -0.05) is 17.7 Å². The van der Waals surface area contributed by atoms with Crippen LogP contribution in [0.1, 0.15) is 56.1 Å². The van der Waals surface area contributed by atoms with E-state index < -0.39 is 0 Å². The third-order valence-electron chi connectivity index (χ3n) is 7.26. The average molecular weight is 352 g/mol. The van der Waals surface area contributed by atoms with Crippen LogP contribution in [0.15, 0.2) is 18.2 Å². The van der Waals surface area contributed by atoms with Gasteiger partial charge in [0.05, 0.1) is 18.2 Å². The van der Waals surface area contributed by atoms with Crippen molar-refractivity contribution >= 4 is 17.5 Å². The fourth-order valence-electron chi connectivity index (χ4n) is 6.71. The summed E-state index contributed by atoms with van der Waals surface area (Å²) in [4.78, 5) is 27.2. The van der Waals surface area contributed by atoms with Crippen molar-refractivity contribution in [2.75, 3.05) is 4.90 Å². The third-order valence-corrected chi connectivity index (χ3v) is 7.26. The molecular formula is C22H28N2O2. The van der Waals surface area contributed by atoms with Gasteiger partial charge in [0.15, 0.2) is 0 Å². The molecule has 6 rings (SSSR count). The molecule has 4 saturated carbocycles. The smallest absolute Gasteiger partial charge is 0.251 e. The molecule has 1 saturated heterocycles. The van der Waals surface area contributed by atoms with Crippen molar-refractivity contribution in [2.24, 2.45) is 17.8 Å². The van der Waals surface area contributed by atoms with E-state index in [0.29, 0.717) is 6.42 Å². The first-order valence-corrected chi connectivity index (χ1v) is 10.1. The van der Waals surface area contributed by atoms with Gasteiger partial charge in [-0.25, -0.2) is 4.90 Å². The number of anilines is 1. The minimum atomic E-state index is -0.348. The van der Waals surface area contributed by atoms with Crippen molar-refractivity contribution in [3.8, 4) is 0 Å². The number of aryl methyl sites for hydroxylation is 2. The van der Waals surface area contributed by atoms with E-state index in [1.807, 2.05) is 32.0 Å². The van der Waals surface area contributed by atoms with Gasteiger partial charge in [0.25, 0.3) is 5.91 Å². The molecule has 1 unspecified atom stereocenters. The zero-order valence-corrected chi connectivity index (χ0v) is 15.8. The van der Waals surface area contributed by atoms with Crippen LogP contribution in [0.4, 0.5) is 5.69 Å². The van der Waals surface area contributed by atoms with Gasteiger partial charge in [-0.3, -0.25) is 14.9 Å². The van der Waals surface area contributed by atoms with E-state index in [-0.39, 0.29) is 23.4 Å². The monoisotopic (exact) mass is 352 g/mol. The summed E-state index contributed by atoms with van der Waals surface area (Å²) < 4.78 is 0. The number of nitrogens with one attached hydrogen (secondary N) is 1. The predicted molar refractivity (Wildman–Crippen MR) is 101 cm³/mol. The van der Waals surface area contributed by atoms with Crippen molar-refractivity contribution in [2.45, 2.75) is 70.4 Å². The van der Waals surface area contributed by atoms with E-state index in [0.717, 1.165) is 34.6 Å². The third kappa shape index (κ3) is 2.53. The Bertz CT molecular complexity index is 749. The maximum Gasteiger partial charge on any atom is 0.251 e. The number of carbonyl (C=O) groups is 2. The Labute approximate surface area is 155 Å². The van der Waals surface area contributed by atoms with Crippen LogP contribution in [-0.2, 0) is 9.59 Å². The molecule has 5 fully saturated rings. The van der Waals surface area contributed by atoms with Crippen LogP contribution in [-0.4, -0.2) is 23.4 Å². The molecule has 4 nitrogen and oxygen atoms in total. The van der Waals surface area contributed by atoms with E-state index in [9.17, 15) is 9.59 Å². The second kappa shape index (κ2) is 5.66. The number of carbonyl (C=O) groups excluding carboxylic acids is 2. The Hall–Kier alpha value is -1.68. The molecule has 1 aromatic carbocycles. The van der Waals surface area contributed by atoms with Gasteiger partial charge in [0, 0.05) is 5.54 Å². The molecular weight excluding hydrogens is 324 g/mol. The van der Waals surface area contributed by atoms with Gasteiger partial charge < -0.3 is 0 Å². The van der Waals surface area contributed by atoms with Crippen molar-refractivity contribution in [1.29, 1.82) is 0 Å². The number of imide groups is 1. The molecule has 1 heterocycles. The molecule has 0 aromatic heterocycles. The van der Waals surface area contributed by atoms with Gasteiger partial charge in [0.1, 0.15) is 0 Å². The minimum Gasteiger partial charge on any atom is -0.300 e. The average Bonchev–Trinajstić information content (AvgIpc) is 2.80. The van der Waals surface area contributed by atoms with Gasteiger partial charge in [-0.15, -0.1) is 0 Å². The molecule has 0 spiro atoms. The Kier molecular flexibility index (Phi) is 3.59. The Morgan fingerprint density at radius 3 is 2.19 bits per heavy atom. The molecule has 5 aliphatic rings. The molecule has 1 atom stereocenters. The molecule has 1 N–H and O–H groups in total. The second-order valence-corrected chi connectivity index (χ2v) is 9.46. The maximum atomic E-state index is 13.1. The van der Waals surface area contributed by atoms with Crippen molar-refractivity contribution in [1.82, 2.24) is 5.32 Å². The Morgan fingerprint density at radius 2 is 1.62 bits per heavy atom. The van der Waals surface area contributed by atoms with Gasteiger partial charge >= 0.3 is 0 Å². The minimum absolute atomic E-state index is 0.0577. The van der Waals surface area contributed by atoms with E-state index in [4.69, 9.17) is 0 Å². The Balaban J connectivity index is 1.38. The van der Waals surface area contributed by atoms with Crippen LogP contribution >= 0.6 is 0 Å². The lowest BCUT2D eigenvalue weighted by Crippen LogP contribution is -2.61. The molecule has 1 aliphatic heterocycles. The van der Waals surface area contributed by atoms with Crippen LogP contribution in [0.3, 0.4) is 0 Å². The van der Waals surface area contributed by atoms with Gasteiger partial charge in [-0.2, -0.15) is 0 Å². The summed E-state index contributed by atoms with van der Waals surface area (Å²) >= 11 is 0. The fourth-order valence-corrected chi connectivity index (χ4v) is 6.71. The normalized spacial score (nSPS) is 38.5. The molecule has 4 heteroatoms. The number of rotatable bonds is 3. The highest BCUT2D eigenvalue weighted by Gasteiger charge is 2.53. The molecule has 138 valence electrons. The number of hydrogen-bond donors (Lipinski definition) is 1. The summed E-state index contributed by atoms with van der Waals surface area (Å²) in [6.07, 6.45) is 8.03. The lowest BCUT2D eigenvalue weighted by Gasteiger charge is -2.57. The van der Waals surface area contributed by atoms with Gasteiger partial charge in [-0.05, 0) is 81.8 Å². The first-order chi connectivity index (χ1) is 12.4. The quantitative estimate of drug-likeness (QED) is 0.847. The lowest BCUT2D eigenvalue weighted by atomic mass is 9.53. The summed E-state index contributed by atoms with van der Waals surface area (Å²) in [5, 5.41) is 3.72. The Morgan fingerprint density at radius 1 is 1.00 bits per heavy atom. The zero-order valence-electron chi connectivity index (χ0n) is 15.8. The van der Waals surface area contributed by atoms with Crippen molar-refractivity contribution < 1.29 is 9.59 Å². The van der Waals surface area contributed by atoms with E-state index in [1.165, 1.54) is 43.4 Å². The van der Waals surface area contributed by atoms with Crippen LogP contribution < -0.4 is 10.2 Å². The summed E-state index contributed by atoms with van der Waals surface area (Å²) in [6.45, 7) is 4.00. The number of nitrogens with zero attached hydrogens (tertiary/aromatic N) is 1. The SMILES string of the molecule is Cc1ccc(N2C(=O)CC(NC34CC5CC(CC(C5)C3)C4)C2=O)c(C)c1. The highest BCUT2D eigenvalue weighted by atomic mass is 16.2.